The standard InChI is InChI=1S/C72H79NO/c1-10-13-16-18-20-24-41-72(42-25-21-19-17-14-11-2)62-28-23-22-27-56(62)61-39-33-54(47-67(61)72)52-31-37-59-57-35-29-50(43-63(57)70(5,6)65(59)45-52)51-30-36-58-60-38-32-53(46-66(60)71(7,8)64(58)44-51)55-34-40-68(69(74)48-55)73(9)49(4)26-15-12-3/h12,15,22-23,26-40,43-48,74H,3-4,10-11,13-14,16-21,24-25,41-42H2,1-2,5-9H3/b26-15-. The number of benzene rings is 7. The summed E-state index contributed by atoms with van der Waals surface area (Å²) < 4.78 is 0. The largest absolute Gasteiger partial charge is 0.506 e. The van der Waals surface area contributed by atoms with E-state index in [1.54, 1.807) is 17.2 Å². The molecule has 3 aliphatic carbocycles. The Bertz CT molecular complexity index is 3270. The van der Waals surface area contributed by atoms with E-state index in [0.717, 1.165) is 16.8 Å². The topological polar surface area (TPSA) is 23.5 Å². The maximum Gasteiger partial charge on any atom is 0.139 e. The van der Waals surface area contributed by atoms with Crippen molar-refractivity contribution in [2.75, 3.05) is 11.9 Å². The molecule has 2 heteroatoms. The number of fused-ring (bicyclic) bond motifs is 9. The summed E-state index contributed by atoms with van der Waals surface area (Å²) in [4.78, 5) is 1.89. The van der Waals surface area contributed by atoms with Crippen molar-refractivity contribution in [1.29, 1.82) is 0 Å². The molecule has 1 N–H and O–H groups in total. The van der Waals surface area contributed by atoms with E-state index in [2.05, 4.69) is 176 Å². The van der Waals surface area contributed by atoms with Gasteiger partial charge in [-0.2, -0.15) is 0 Å². The molecular formula is C72H79NO. The Hall–Kier alpha value is -6.64. The molecule has 0 saturated heterocycles. The summed E-state index contributed by atoms with van der Waals surface area (Å²) >= 11 is 0. The number of phenolic OH excluding ortho intramolecular Hbond substituents is 1. The normalized spacial score (nSPS) is 14.8. The quantitative estimate of drug-likeness (QED) is 0.0573. The molecule has 0 bridgehead atoms. The van der Waals surface area contributed by atoms with Gasteiger partial charge in [0.25, 0.3) is 0 Å². The first-order chi connectivity index (χ1) is 35.8. The van der Waals surface area contributed by atoms with E-state index in [-0.39, 0.29) is 22.0 Å². The number of unbranched alkanes of at least 4 members (excludes halogenated alkanes) is 10. The average molecular weight is 974 g/mol. The van der Waals surface area contributed by atoms with Crippen LogP contribution in [0.2, 0.25) is 0 Å². The highest BCUT2D eigenvalue weighted by Crippen LogP contribution is 2.57. The summed E-state index contributed by atoms with van der Waals surface area (Å²) in [6, 6.07) is 51.3. The molecule has 0 amide bonds. The minimum absolute atomic E-state index is 0.0639. The summed E-state index contributed by atoms with van der Waals surface area (Å²) in [6.45, 7) is 22.1. The molecule has 7 aromatic carbocycles. The van der Waals surface area contributed by atoms with Crippen molar-refractivity contribution >= 4 is 5.69 Å². The van der Waals surface area contributed by atoms with Gasteiger partial charge in [0, 0.05) is 29.0 Å². The van der Waals surface area contributed by atoms with Gasteiger partial charge in [-0.1, -0.05) is 235 Å². The van der Waals surface area contributed by atoms with Crippen molar-refractivity contribution in [2.24, 2.45) is 0 Å². The molecular weight excluding hydrogens is 895 g/mol. The van der Waals surface area contributed by atoms with Crippen molar-refractivity contribution in [3.05, 3.63) is 204 Å². The SMILES string of the molecule is C=C/C=C\C(=C)N(C)c1ccc(-c2ccc3c(c2)C(C)(C)c2cc(-c4ccc5c(c4)C(C)(C)c4cc(-c6ccc7c(c6)C(CCCCCCCC)(CCCCCCCC)c6ccccc6-7)ccc4-5)ccc2-3)cc1O. The summed E-state index contributed by atoms with van der Waals surface area (Å²) in [7, 11) is 1.91. The minimum Gasteiger partial charge on any atom is -0.506 e. The maximum absolute atomic E-state index is 11.2. The van der Waals surface area contributed by atoms with E-state index in [1.165, 1.54) is 168 Å². The van der Waals surface area contributed by atoms with Crippen molar-refractivity contribution in [3.63, 3.8) is 0 Å². The van der Waals surface area contributed by atoms with E-state index < -0.39 is 0 Å². The third kappa shape index (κ3) is 9.11. The third-order valence-corrected chi connectivity index (χ3v) is 17.7. The molecule has 0 aromatic heterocycles. The van der Waals surface area contributed by atoms with Gasteiger partial charge in [0.05, 0.1) is 5.69 Å². The van der Waals surface area contributed by atoms with Crippen LogP contribution in [0, 0.1) is 0 Å². The first-order valence-electron chi connectivity index (χ1n) is 28.2. The number of aromatic hydroxyl groups is 1. The summed E-state index contributed by atoms with van der Waals surface area (Å²) in [5.41, 5.74) is 25.2. The number of likely N-dealkylation sites (N-methyl/N-ethyl adjacent to an activating group) is 1. The maximum atomic E-state index is 11.2. The van der Waals surface area contributed by atoms with Gasteiger partial charge in [-0.25, -0.2) is 0 Å². The second kappa shape index (κ2) is 20.9. The fourth-order valence-corrected chi connectivity index (χ4v) is 13.3. The molecule has 74 heavy (non-hydrogen) atoms. The number of anilines is 1. The van der Waals surface area contributed by atoms with Crippen LogP contribution < -0.4 is 4.90 Å². The Labute approximate surface area is 444 Å². The molecule has 2 nitrogen and oxygen atoms in total. The van der Waals surface area contributed by atoms with Crippen LogP contribution in [0.1, 0.15) is 165 Å². The monoisotopic (exact) mass is 974 g/mol. The zero-order chi connectivity index (χ0) is 51.8. The predicted molar refractivity (Wildman–Crippen MR) is 319 cm³/mol. The Morgan fingerprint density at radius 3 is 1.26 bits per heavy atom. The molecule has 10 rings (SSSR count). The van der Waals surface area contributed by atoms with Crippen LogP contribution in [0.15, 0.2) is 171 Å². The molecule has 0 aliphatic heterocycles. The summed E-state index contributed by atoms with van der Waals surface area (Å²) in [5, 5.41) is 11.2. The highest BCUT2D eigenvalue weighted by atomic mass is 16.3. The second-order valence-corrected chi connectivity index (χ2v) is 23.1. The van der Waals surface area contributed by atoms with Crippen LogP contribution in [-0.2, 0) is 16.2 Å². The van der Waals surface area contributed by atoms with Gasteiger partial charge in [0.2, 0.25) is 0 Å². The number of allylic oxidation sites excluding steroid dienone is 3. The summed E-state index contributed by atoms with van der Waals surface area (Å²) in [5.74, 6) is 0.219. The Morgan fingerprint density at radius 2 is 0.824 bits per heavy atom. The van der Waals surface area contributed by atoms with Gasteiger partial charge in [-0.3, -0.25) is 0 Å². The molecule has 3 aliphatic rings. The zero-order valence-corrected chi connectivity index (χ0v) is 45.6. The molecule has 378 valence electrons. The molecule has 0 atom stereocenters. The van der Waals surface area contributed by atoms with Gasteiger partial charge in [-0.05, 0) is 162 Å². The van der Waals surface area contributed by atoms with Crippen LogP contribution >= 0.6 is 0 Å². The minimum atomic E-state index is -0.209. The molecule has 0 fully saturated rings. The van der Waals surface area contributed by atoms with Crippen molar-refractivity contribution < 1.29 is 5.11 Å². The molecule has 0 spiro atoms. The van der Waals surface area contributed by atoms with Crippen LogP contribution in [0.5, 0.6) is 5.75 Å². The van der Waals surface area contributed by atoms with E-state index in [0.29, 0.717) is 5.69 Å². The Balaban J connectivity index is 0.922. The van der Waals surface area contributed by atoms with E-state index in [9.17, 15) is 5.11 Å². The second-order valence-electron chi connectivity index (χ2n) is 23.1. The predicted octanol–water partition coefficient (Wildman–Crippen LogP) is 20.5. The number of phenols is 1. The Kier molecular flexibility index (Phi) is 14.4. The van der Waals surface area contributed by atoms with Crippen molar-refractivity contribution in [1.82, 2.24) is 0 Å². The van der Waals surface area contributed by atoms with Gasteiger partial charge >= 0.3 is 0 Å². The van der Waals surface area contributed by atoms with Crippen LogP contribution in [0.3, 0.4) is 0 Å². The number of rotatable bonds is 21. The average Bonchev–Trinajstić information content (AvgIpc) is 3.92. The zero-order valence-electron chi connectivity index (χ0n) is 45.6. The molecule has 0 unspecified atom stereocenters. The Morgan fingerprint density at radius 1 is 0.459 bits per heavy atom. The fourth-order valence-electron chi connectivity index (χ4n) is 13.3. The lowest BCUT2D eigenvalue weighted by molar-refractivity contribution is 0.398. The van der Waals surface area contributed by atoms with Gasteiger partial charge < -0.3 is 10.0 Å². The number of hydrogen-bond donors (Lipinski definition) is 1. The van der Waals surface area contributed by atoms with Crippen LogP contribution in [0.25, 0.3) is 66.8 Å². The van der Waals surface area contributed by atoms with Gasteiger partial charge in [0.15, 0.2) is 0 Å². The van der Waals surface area contributed by atoms with Gasteiger partial charge in [0.1, 0.15) is 5.75 Å². The van der Waals surface area contributed by atoms with Crippen LogP contribution in [-0.4, -0.2) is 12.2 Å². The van der Waals surface area contributed by atoms with E-state index >= 15 is 0 Å². The van der Waals surface area contributed by atoms with Crippen LogP contribution in [0.4, 0.5) is 5.69 Å². The van der Waals surface area contributed by atoms with Crippen molar-refractivity contribution in [2.45, 2.75) is 148 Å². The number of nitrogens with zero attached hydrogens (tertiary/aromatic N) is 1. The fraction of sp³-hybridized carbons (Fsp3) is 0.333. The smallest absolute Gasteiger partial charge is 0.139 e. The number of hydrogen-bond acceptors (Lipinski definition) is 2. The summed E-state index contributed by atoms with van der Waals surface area (Å²) in [6.07, 6.45) is 23.9. The van der Waals surface area contributed by atoms with Crippen molar-refractivity contribution in [3.8, 4) is 72.5 Å². The molecule has 0 radical (unpaired) electrons. The van der Waals surface area contributed by atoms with E-state index in [1.807, 2.05) is 36.2 Å². The molecule has 0 heterocycles. The molecule has 7 aromatic rings. The first-order valence-corrected chi connectivity index (χ1v) is 28.2. The van der Waals surface area contributed by atoms with Gasteiger partial charge in [-0.15, -0.1) is 0 Å². The lowest BCUT2D eigenvalue weighted by atomic mass is 9.70. The lowest BCUT2D eigenvalue weighted by Gasteiger charge is -2.33. The highest BCUT2D eigenvalue weighted by Gasteiger charge is 2.43. The molecule has 0 saturated carbocycles. The van der Waals surface area contributed by atoms with E-state index in [4.69, 9.17) is 0 Å². The first kappa shape index (κ1) is 50.9. The third-order valence-electron chi connectivity index (χ3n) is 17.7. The lowest BCUT2D eigenvalue weighted by Crippen LogP contribution is -2.25. The highest BCUT2D eigenvalue weighted by molar-refractivity contribution is 5.90.